The quantitative estimate of drug-likeness (QED) is 0.296. The number of alkyl halides is 3. The maximum Gasteiger partial charge on any atom is 0.433 e. The molecule has 8 nitrogen and oxygen atoms in total. The number of aromatic nitrogens is 3. The zero-order valence-corrected chi connectivity index (χ0v) is 22.2. The van der Waals surface area contributed by atoms with Gasteiger partial charge >= 0.3 is 6.18 Å². The molecule has 2 unspecified atom stereocenters. The van der Waals surface area contributed by atoms with Crippen molar-refractivity contribution in [2.24, 2.45) is 5.92 Å². The van der Waals surface area contributed by atoms with E-state index in [9.17, 15) is 13.2 Å². The molecule has 1 saturated carbocycles. The van der Waals surface area contributed by atoms with E-state index in [1.165, 1.54) is 6.07 Å². The number of rotatable bonds is 8. The normalized spacial score (nSPS) is 18.9. The number of aryl methyl sites for hydroxylation is 1. The number of nitrogens with zero attached hydrogens (tertiary/aromatic N) is 3. The number of pyridine rings is 1. The second-order valence-corrected chi connectivity index (χ2v) is 9.46. The Hall–Kier alpha value is -2.61. The van der Waals surface area contributed by atoms with Gasteiger partial charge in [-0.15, -0.1) is 0 Å². The molecule has 3 N–H and O–H groups in total. The molecule has 2 aromatic heterocycles. The molecule has 194 valence electrons. The first-order chi connectivity index (χ1) is 17.1. The van der Waals surface area contributed by atoms with Crippen LogP contribution in [0, 0.1) is 12.8 Å². The predicted octanol–water partition coefficient (Wildman–Crippen LogP) is 6.03. The third kappa shape index (κ3) is 5.85. The highest BCUT2D eigenvalue weighted by atomic mass is 127. The van der Waals surface area contributed by atoms with Gasteiger partial charge in [0.2, 0.25) is 0 Å². The lowest BCUT2D eigenvalue weighted by Crippen LogP contribution is -2.24. The summed E-state index contributed by atoms with van der Waals surface area (Å²) in [6.45, 7) is 4.07. The summed E-state index contributed by atoms with van der Waals surface area (Å²) in [6.07, 6.45) is -1.65. The zero-order valence-electron chi connectivity index (χ0n) is 20.0. The van der Waals surface area contributed by atoms with Gasteiger partial charge in [0, 0.05) is 17.4 Å². The number of anilines is 2. The third-order valence-electron chi connectivity index (χ3n) is 6.25. The van der Waals surface area contributed by atoms with Gasteiger partial charge in [-0.25, -0.2) is 15.0 Å². The van der Waals surface area contributed by atoms with E-state index in [1.807, 2.05) is 29.1 Å². The average Bonchev–Trinajstić information content (AvgIpc) is 3.24. The van der Waals surface area contributed by atoms with Crippen molar-refractivity contribution in [2.75, 3.05) is 24.8 Å². The van der Waals surface area contributed by atoms with Crippen LogP contribution in [-0.2, 0) is 9.24 Å². The summed E-state index contributed by atoms with van der Waals surface area (Å²) in [5.74, 6) is 2.10. The first kappa shape index (κ1) is 26.5. The van der Waals surface area contributed by atoms with Crippen molar-refractivity contribution >= 4 is 45.5 Å². The van der Waals surface area contributed by atoms with E-state index in [0.29, 0.717) is 46.2 Å². The molecule has 1 aliphatic rings. The Morgan fingerprint density at radius 2 is 1.92 bits per heavy atom. The number of hydrogen-bond donors (Lipinski definition) is 2. The van der Waals surface area contributed by atoms with Crippen LogP contribution in [0.5, 0.6) is 11.5 Å². The topological polar surface area (TPSA) is 104 Å². The minimum absolute atomic E-state index is 0.0200. The number of benzene rings is 1. The molecule has 4 rings (SSSR count). The Labute approximate surface area is 220 Å². The van der Waals surface area contributed by atoms with Crippen LogP contribution in [0.15, 0.2) is 24.3 Å². The molecule has 2 heterocycles. The van der Waals surface area contributed by atoms with E-state index in [4.69, 9.17) is 18.3 Å². The van der Waals surface area contributed by atoms with E-state index in [0.717, 1.165) is 25.3 Å². The van der Waals surface area contributed by atoms with Crippen molar-refractivity contribution in [3.8, 4) is 11.5 Å². The number of hydrogen-bond acceptors (Lipinski definition) is 8. The number of nitrogens with one attached hydrogen (secondary N) is 1. The molecule has 36 heavy (non-hydrogen) atoms. The Morgan fingerprint density at radius 1 is 1.14 bits per heavy atom. The van der Waals surface area contributed by atoms with Gasteiger partial charge in [0.15, 0.2) is 11.5 Å². The number of ether oxygens (including phenoxy) is 2. The van der Waals surface area contributed by atoms with Gasteiger partial charge in [-0.05, 0) is 56.9 Å². The van der Waals surface area contributed by atoms with E-state index in [1.54, 1.807) is 27.0 Å². The summed E-state index contributed by atoms with van der Waals surface area (Å²) in [4.78, 5) is 12.5. The van der Waals surface area contributed by atoms with E-state index in [-0.39, 0.29) is 17.8 Å². The first-order valence-corrected chi connectivity index (χ1v) is 12.3. The van der Waals surface area contributed by atoms with Gasteiger partial charge in [-0.3, -0.25) is 0 Å². The van der Waals surface area contributed by atoms with Gasteiger partial charge in [-0.2, -0.15) is 13.2 Å². The Kier molecular flexibility index (Phi) is 7.93. The van der Waals surface area contributed by atoms with Gasteiger partial charge in [0.1, 0.15) is 52.3 Å². The molecule has 0 amide bonds. The highest BCUT2D eigenvalue weighted by Crippen LogP contribution is 2.39. The molecular formula is C24H27F3IN5O3. The first-order valence-electron chi connectivity index (χ1n) is 11.5. The number of fused-ring (bicyclic) bond motifs is 1. The van der Waals surface area contributed by atoms with Gasteiger partial charge in [-0.1, -0.05) is 0 Å². The van der Waals surface area contributed by atoms with Crippen molar-refractivity contribution in [3.63, 3.8) is 0 Å². The van der Waals surface area contributed by atoms with E-state index in [2.05, 4.69) is 20.3 Å². The van der Waals surface area contributed by atoms with E-state index >= 15 is 0 Å². The summed E-state index contributed by atoms with van der Waals surface area (Å²) in [7, 11) is 1.56. The smallest absolute Gasteiger partial charge is 0.433 e. The third-order valence-corrected chi connectivity index (χ3v) is 6.61. The largest absolute Gasteiger partial charge is 0.493 e. The van der Waals surface area contributed by atoms with E-state index < -0.39 is 17.9 Å². The lowest BCUT2D eigenvalue weighted by Gasteiger charge is -2.23. The molecule has 0 aliphatic heterocycles. The Bertz CT molecular complexity index is 1240. The second-order valence-electron chi connectivity index (χ2n) is 8.84. The molecule has 3 aromatic rings. The number of methoxy groups -OCH3 is 1. The summed E-state index contributed by atoms with van der Waals surface area (Å²) in [5, 5.41) is 3.87. The average molecular weight is 617 g/mol. The second kappa shape index (κ2) is 10.8. The Morgan fingerprint density at radius 3 is 2.61 bits per heavy atom. The minimum atomic E-state index is -4.61. The molecule has 1 aliphatic carbocycles. The van der Waals surface area contributed by atoms with Crippen LogP contribution in [0.2, 0.25) is 0 Å². The summed E-state index contributed by atoms with van der Waals surface area (Å²) in [6, 6.07) is 5.43. The van der Waals surface area contributed by atoms with Crippen molar-refractivity contribution in [1.29, 1.82) is 0 Å². The molecule has 12 heteroatoms. The lowest BCUT2D eigenvalue weighted by molar-refractivity contribution is -0.141. The van der Waals surface area contributed by atoms with Crippen molar-refractivity contribution in [1.82, 2.24) is 15.0 Å². The van der Waals surface area contributed by atoms with Crippen LogP contribution in [0.25, 0.3) is 10.9 Å². The van der Waals surface area contributed by atoms with Crippen LogP contribution < -0.4 is 20.5 Å². The van der Waals surface area contributed by atoms with Gasteiger partial charge in [0.25, 0.3) is 0 Å². The maximum atomic E-state index is 13.3. The van der Waals surface area contributed by atoms with Crippen LogP contribution in [0.3, 0.4) is 0 Å². The van der Waals surface area contributed by atoms with Gasteiger partial charge in [0.05, 0.1) is 25.3 Å². The van der Waals surface area contributed by atoms with Crippen LogP contribution in [-0.4, -0.2) is 34.8 Å². The maximum absolute atomic E-state index is 13.3. The monoisotopic (exact) mass is 617 g/mol. The number of halogens is 4. The van der Waals surface area contributed by atoms with Crippen LogP contribution >= 0.6 is 23.0 Å². The fraction of sp³-hybridized carbons (Fsp3) is 0.458. The summed E-state index contributed by atoms with van der Waals surface area (Å²) < 4.78 is 57.1. The van der Waals surface area contributed by atoms with Crippen molar-refractivity contribution < 1.29 is 25.7 Å². The van der Waals surface area contributed by atoms with Crippen LogP contribution in [0.4, 0.5) is 24.8 Å². The SMILES string of the molecule is COc1cc2nc(C)nc(N[C@H](C)c3cc(N)nc(C(F)(F)F)c3)c2cc1OC1CCCC1COI. The fourth-order valence-corrected chi connectivity index (χ4v) is 4.93. The fourth-order valence-electron chi connectivity index (χ4n) is 4.46. The van der Waals surface area contributed by atoms with Gasteiger partial charge < -0.3 is 23.6 Å². The number of nitrogen functional groups attached to an aromatic ring is 1. The molecule has 1 aromatic carbocycles. The minimum Gasteiger partial charge on any atom is -0.493 e. The molecule has 0 spiro atoms. The lowest BCUT2D eigenvalue weighted by atomic mass is 10.1. The molecule has 0 saturated heterocycles. The molecular weight excluding hydrogens is 590 g/mol. The molecule has 1 fully saturated rings. The standard InChI is InChI=1S/C24H27F3IN5O3/c1-12(15-7-21(24(25,26)27)33-22(29)8-15)30-23-16-9-20(36-18-6-4-5-14(18)11-35-28)19(34-3)10-17(16)31-13(2)32-23/h7-10,12,14,18H,4-6,11H2,1-3H3,(H2,29,33)(H,30,31,32)/t12-,14?,18?/m1/s1. The summed E-state index contributed by atoms with van der Waals surface area (Å²) >= 11 is 1.90. The molecule has 3 atom stereocenters. The predicted molar refractivity (Wildman–Crippen MR) is 138 cm³/mol. The van der Waals surface area contributed by atoms with Crippen molar-refractivity contribution in [3.05, 3.63) is 41.3 Å². The summed E-state index contributed by atoms with van der Waals surface area (Å²) in [5.41, 5.74) is 5.56. The highest BCUT2D eigenvalue weighted by molar-refractivity contribution is 14.1. The van der Waals surface area contributed by atoms with Crippen LogP contribution in [0.1, 0.15) is 49.3 Å². The zero-order chi connectivity index (χ0) is 26.0. The highest BCUT2D eigenvalue weighted by Gasteiger charge is 2.34. The molecule has 0 radical (unpaired) electrons. The molecule has 0 bridgehead atoms. The number of nitrogens with two attached hydrogens (primary N) is 1. The van der Waals surface area contributed by atoms with Crippen molar-refractivity contribution in [2.45, 2.75) is 51.4 Å². The Balaban J connectivity index is 1.70.